The van der Waals surface area contributed by atoms with Crippen LogP contribution < -0.4 is 0 Å². The Morgan fingerprint density at radius 3 is 2.29 bits per heavy atom. The highest BCUT2D eigenvalue weighted by atomic mass is 19.1. The first kappa shape index (κ1) is 29.4. The molecule has 42 heavy (non-hydrogen) atoms. The molecule has 9 heteroatoms. The van der Waals surface area contributed by atoms with Gasteiger partial charge in [0.15, 0.2) is 11.5 Å². The predicted molar refractivity (Wildman–Crippen MR) is 158 cm³/mol. The Kier molecular flexibility index (Phi) is 8.68. The zero-order valence-electron chi connectivity index (χ0n) is 24.5. The van der Waals surface area contributed by atoms with Crippen LogP contribution in [-0.4, -0.2) is 70.8 Å². The molecule has 0 atom stereocenters. The summed E-state index contributed by atoms with van der Waals surface area (Å²) in [5, 5.41) is 0. The molecule has 1 fully saturated rings. The van der Waals surface area contributed by atoms with Crippen molar-refractivity contribution in [3.05, 3.63) is 88.3 Å². The number of amides is 2. The maximum atomic E-state index is 15.3. The van der Waals surface area contributed by atoms with Crippen LogP contribution in [0.2, 0.25) is 0 Å². The number of rotatable bonds is 8. The van der Waals surface area contributed by atoms with Crippen molar-refractivity contribution in [1.29, 1.82) is 0 Å². The number of hydrogen-bond acceptors (Lipinski definition) is 5. The van der Waals surface area contributed by atoms with E-state index < -0.39 is 11.6 Å². The normalized spacial score (nSPS) is 14.0. The lowest BCUT2D eigenvalue weighted by Crippen LogP contribution is -2.47. The number of aryl methyl sites for hydroxylation is 1. The van der Waals surface area contributed by atoms with E-state index in [9.17, 15) is 9.59 Å². The fourth-order valence-corrected chi connectivity index (χ4v) is 5.58. The van der Waals surface area contributed by atoms with Crippen molar-refractivity contribution in [2.45, 2.75) is 40.7 Å². The van der Waals surface area contributed by atoms with E-state index in [0.717, 1.165) is 11.1 Å². The molecule has 0 unspecified atom stereocenters. The lowest BCUT2D eigenvalue weighted by molar-refractivity contribution is -0.130. The quantitative estimate of drug-likeness (QED) is 0.265. The number of carbonyl (C=O) groups is 2. The molecule has 4 aromatic rings. The highest BCUT2D eigenvalue weighted by Crippen LogP contribution is 2.32. The lowest BCUT2D eigenvalue weighted by atomic mass is 10.0. The number of carbonyl (C=O) groups excluding carboxylic acids is 2. The molecule has 7 nitrogen and oxygen atoms in total. The second kappa shape index (κ2) is 12.4. The molecule has 0 aliphatic carbocycles. The molecule has 1 aromatic heterocycles. The molecule has 5 rings (SSSR count). The molecule has 220 valence electrons. The maximum absolute atomic E-state index is 15.3. The summed E-state index contributed by atoms with van der Waals surface area (Å²) in [5.41, 5.74) is 4.51. The van der Waals surface area contributed by atoms with Gasteiger partial charge in [-0.15, -0.1) is 0 Å². The first-order valence-corrected chi connectivity index (χ1v) is 14.4. The average Bonchev–Trinajstić information content (AvgIpc) is 3.38. The molecule has 1 saturated heterocycles. The first-order chi connectivity index (χ1) is 20.2. The monoisotopic (exact) mass is 574 g/mol. The molecule has 0 saturated carbocycles. The number of nitrogens with zero attached hydrogens (tertiary/aromatic N) is 4. The van der Waals surface area contributed by atoms with E-state index in [1.54, 1.807) is 21.9 Å². The summed E-state index contributed by atoms with van der Waals surface area (Å²) < 4.78 is 36.7. The number of aromatic nitrogens is 1. The third kappa shape index (κ3) is 6.06. The van der Waals surface area contributed by atoms with Crippen LogP contribution in [0.3, 0.4) is 0 Å². The molecule has 3 aromatic carbocycles. The Labute approximate surface area is 244 Å². The number of fused-ring (bicyclic) bond motifs is 1. The summed E-state index contributed by atoms with van der Waals surface area (Å²) in [6, 6.07) is 13.8. The van der Waals surface area contributed by atoms with Gasteiger partial charge >= 0.3 is 0 Å². The molecule has 1 aliphatic rings. The van der Waals surface area contributed by atoms with E-state index in [1.807, 2.05) is 49.9 Å². The third-order valence-electron chi connectivity index (χ3n) is 8.04. The zero-order valence-corrected chi connectivity index (χ0v) is 24.5. The lowest BCUT2D eigenvalue weighted by Gasteiger charge is -2.34. The van der Waals surface area contributed by atoms with Crippen molar-refractivity contribution in [1.82, 2.24) is 19.7 Å². The van der Waals surface area contributed by atoms with Crippen LogP contribution in [0.4, 0.5) is 8.78 Å². The van der Waals surface area contributed by atoms with Gasteiger partial charge in [-0.1, -0.05) is 24.3 Å². The van der Waals surface area contributed by atoms with Gasteiger partial charge in [0.2, 0.25) is 5.91 Å². The molecule has 0 N–H and O–H groups in total. The number of oxazole rings is 1. The summed E-state index contributed by atoms with van der Waals surface area (Å²) in [7, 11) is 0. The Bertz CT molecular complexity index is 1600. The van der Waals surface area contributed by atoms with Crippen molar-refractivity contribution in [3.63, 3.8) is 0 Å². The van der Waals surface area contributed by atoms with Gasteiger partial charge in [-0.25, -0.2) is 13.8 Å². The SMILES string of the molecule is CCN(CC)C(=O)c1ccc(Cc2nc3cccc(-c4cc(F)c(CN5CCN(C(C)=O)CC5)c(F)c4)c3o2)cc1C. The van der Waals surface area contributed by atoms with E-state index in [1.165, 1.54) is 19.1 Å². The Hall–Kier alpha value is -4.11. The molecular weight excluding hydrogens is 538 g/mol. The third-order valence-corrected chi connectivity index (χ3v) is 8.04. The number of halogens is 2. The molecule has 0 spiro atoms. The van der Waals surface area contributed by atoms with Crippen LogP contribution >= 0.6 is 0 Å². The predicted octanol–water partition coefficient (Wildman–Crippen LogP) is 5.82. The summed E-state index contributed by atoms with van der Waals surface area (Å²) in [6.45, 7) is 11.0. The highest BCUT2D eigenvalue weighted by molar-refractivity contribution is 5.95. The van der Waals surface area contributed by atoms with Crippen molar-refractivity contribution < 1.29 is 22.8 Å². The molecule has 2 amide bonds. The van der Waals surface area contributed by atoms with Crippen LogP contribution in [0.5, 0.6) is 0 Å². The maximum Gasteiger partial charge on any atom is 0.254 e. The van der Waals surface area contributed by atoms with Gasteiger partial charge in [0.05, 0.1) is 0 Å². The largest absolute Gasteiger partial charge is 0.440 e. The Balaban J connectivity index is 1.36. The molecule has 0 bridgehead atoms. The van der Waals surface area contributed by atoms with Gasteiger partial charge in [0, 0.05) is 75.8 Å². The smallest absolute Gasteiger partial charge is 0.254 e. The van der Waals surface area contributed by atoms with E-state index in [-0.39, 0.29) is 23.9 Å². The Morgan fingerprint density at radius 1 is 0.976 bits per heavy atom. The van der Waals surface area contributed by atoms with E-state index in [4.69, 9.17) is 4.42 Å². The second-order valence-electron chi connectivity index (χ2n) is 10.8. The van der Waals surface area contributed by atoms with Crippen molar-refractivity contribution in [2.24, 2.45) is 0 Å². The first-order valence-electron chi connectivity index (χ1n) is 14.4. The standard InChI is InChI=1S/C33H36F2N4O3/c1-5-38(6-2)33(41)25-11-10-23(16-21(25)3)17-31-36-30-9-7-8-26(32(30)42-31)24-18-28(34)27(29(35)19-24)20-37-12-14-39(15-13-37)22(4)40/h7-11,16,18-19H,5-6,12-15,17,20H2,1-4H3. The van der Waals surface area contributed by atoms with Crippen molar-refractivity contribution in [2.75, 3.05) is 39.3 Å². The molecular formula is C33H36F2N4O3. The topological polar surface area (TPSA) is 69.9 Å². The van der Waals surface area contributed by atoms with E-state index in [0.29, 0.717) is 79.4 Å². The van der Waals surface area contributed by atoms with Crippen LogP contribution in [0.1, 0.15) is 53.7 Å². The van der Waals surface area contributed by atoms with E-state index >= 15 is 8.78 Å². The number of piperazine rings is 1. The van der Waals surface area contributed by atoms with Gasteiger partial charge in [0.25, 0.3) is 5.91 Å². The zero-order chi connectivity index (χ0) is 30.0. The van der Waals surface area contributed by atoms with Gasteiger partial charge < -0.3 is 14.2 Å². The van der Waals surface area contributed by atoms with Gasteiger partial charge in [0.1, 0.15) is 17.2 Å². The summed E-state index contributed by atoms with van der Waals surface area (Å²) >= 11 is 0. The fraction of sp³-hybridized carbons (Fsp3) is 0.364. The summed E-state index contributed by atoms with van der Waals surface area (Å²) in [4.78, 5) is 34.5. The van der Waals surface area contributed by atoms with Crippen LogP contribution in [0.15, 0.2) is 52.9 Å². The fourth-order valence-electron chi connectivity index (χ4n) is 5.58. The second-order valence-corrected chi connectivity index (χ2v) is 10.8. The summed E-state index contributed by atoms with van der Waals surface area (Å²) in [6.07, 6.45) is 0.410. The minimum Gasteiger partial charge on any atom is -0.440 e. The molecule has 2 heterocycles. The van der Waals surface area contributed by atoms with Crippen LogP contribution in [0, 0.1) is 18.6 Å². The van der Waals surface area contributed by atoms with Gasteiger partial charge in [-0.2, -0.15) is 0 Å². The number of benzene rings is 3. The van der Waals surface area contributed by atoms with Crippen molar-refractivity contribution >= 4 is 22.9 Å². The average molecular weight is 575 g/mol. The van der Waals surface area contributed by atoms with Gasteiger partial charge in [-0.05, 0) is 61.7 Å². The summed E-state index contributed by atoms with van der Waals surface area (Å²) in [5.74, 6) is -0.744. The minimum atomic E-state index is -0.620. The molecule has 0 radical (unpaired) electrons. The van der Waals surface area contributed by atoms with Gasteiger partial charge in [-0.3, -0.25) is 14.5 Å². The molecule has 1 aliphatic heterocycles. The minimum absolute atomic E-state index is 0.0106. The van der Waals surface area contributed by atoms with Crippen LogP contribution in [0.25, 0.3) is 22.2 Å². The Morgan fingerprint density at radius 2 is 1.67 bits per heavy atom. The number of hydrogen-bond donors (Lipinski definition) is 0. The van der Waals surface area contributed by atoms with E-state index in [2.05, 4.69) is 4.98 Å². The number of para-hydroxylation sites is 1. The van der Waals surface area contributed by atoms with Crippen LogP contribution in [-0.2, 0) is 17.8 Å². The highest BCUT2D eigenvalue weighted by Gasteiger charge is 2.23. The van der Waals surface area contributed by atoms with Crippen molar-refractivity contribution in [3.8, 4) is 11.1 Å².